The Kier molecular flexibility index (Phi) is 4.26. The van der Waals surface area contributed by atoms with E-state index >= 15 is 0 Å². The van der Waals surface area contributed by atoms with Crippen LogP contribution in [0, 0.1) is 5.92 Å². The number of ether oxygens (including phenoxy) is 2. The van der Waals surface area contributed by atoms with Crippen LogP contribution in [0.1, 0.15) is 52.9 Å². The van der Waals surface area contributed by atoms with Crippen molar-refractivity contribution in [2.75, 3.05) is 7.11 Å². The van der Waals surface area contributed by atoms with Crippen LogP contribution in [-0.4, -0.2) is 35.5 Å². The summed E-state index contributed by atoms with van der Waals surface area (Å²) < 4.78 is 11.0. The molecule has 1 N–H and O–H groups in total. The first-order chi connectivity index (χ1) is 9.26. The molecule has 1 aliphatic heterocycles. The summed E-state index contributed by atoms with van der Waals surface area (Å²) in [4.78, 5) is 11.7. The smallest absolute Gasteiger partial charge is 0.333 e. The van der Waals surface area contributed by atoms with Crippen molar-refractivity contribution >= 4 is 5.97 Å². The Morgan fingerprint density at radius 3 is 2.75 bits per heavy atom. The largest absolute Gasteiger partial charge is 0.466 e. The average Bonchev–Trinajstić information content (AvgIpc) is 2.82. The third-order valence-corrected chi connectivity index (χ3v) is 4.79. The van der Waals surface area contributed by atoms with Gasteiger partial charge >= 0.3 is 5.97 Å². The molecular formula is C16H26O4. The molecular weight excluding hydrogens is 256 g/mol. The Morgan fingerprint density at radius 2 is 2.20 bits per heavy atom. The zero-order chi connectivity index (χ0) is 15.0. The number of aliphatic hydroxyl groups is 1. The van der Waals surface area contributed by atoms with Gasteiger partial charge in [-0.3, -0.25) is 0 Å². The average molecular weight is 282 g/mol. The van der Waals surface area contributed by atoms with E-state index in [1.807, 2.05) is 6.08 Å². The van der Waals surface area contributed by atoms with Crippen molar-refractivity contribution in [3.05, 3.63) is 11.6 Å². The number of carbonyl (C=O) groups is 1. The minimum atomic E-state index is -0.812. The number of carbonyl (C=O) groups excluding carboxylic acids is 1. The van der Waals surface area contributed by atoms with Crippen LogP contribution in [0.5, 0.6) is 0 Å². The lowest BCUT2D eigenvalue weighted by Crippen LogP contribution is -2.42. The fourth-order valence-corrected chi connectivity index (χ4v) is 3.39. The van der Waals surface area contributed by atoms with Gasteiger partial charge in [0.15, 0.2) is 0 Å². The number of methoxy groups -OCH3 is 1. The summed E-state index contributed by atoms with van der Waals surface area (Å²) in [7, 11) is 1.42. The molecule has 0 aromatic rings. The monoisotopic (exact) mass is 282 g/mol. The van der Waals surface area contributed by atoms with E-state index in [2.05, 4.69) is 6.92 Å². The highest BCUT2D eigenvalue weighted by molar-refractivity contribution is 5.88. The second-order valence-electron chi connectivity index (χ2n) is 6.81. The molecule has 0 bridgehead atoms. The first-order valence-electron chi connectivity index (χ1n) is 7.44. The van der Waals surface area contributed by atoms with Crippen LogP contribution in [-0.2, 0) is 14.3 Å². The molecule has 0 radical (unpaired) electrons. The molecule has 3 atom stereocenters. The molecule has 2 aliphatic rings. The Bertz CT molecular complexity index is 407. The van der Waals surface area contributed by atoms with Crippen LogP contribution in [0.3, 0.4) is 0 Å². The predicted octanol–water partition coefficient (Wildman–Crippen LogP) is 2.59. The van der Waals surface area contributed by atoms with E-state index in [-0.39, 0.29) is 17.7 Å². The third-order valence-electron chi connectivity index (χ3n) is 4.79. The van der Waals surface area contributed by atoms with Gasteiger partial charge in [-0.05, 0) is 58.8 Å². The van der Waals surface area contributed by atoms with E-state index in [1.165, 1.54) is 7.11 Å². The molecule has 4 heteroatoms. The fraction of sp³-hybridized carbons (Fsp3) is 0.812. The SMILES string of the molecule is COC(=O)C1=CCC[C@H]([C@]2(C)CC[C@@H](C(C)(C)O)O2)C1. The number of rotatable bonds is 3. The molecule has 114 valence electrons. The van der Waals surface area contributed by atoms with Crippen molar-refractivity contribution in [3.8, 4) is 0 Å². The van der Waals surface area contributed by atoms with Crippen molar-refractivity contribution in [2.45, 2.75) is 70.2 Å². The Balaban J connectivity index is 2.06. The van der Waals surface area contributed by atoms with Gasteiger partial charge in [-0.15, -0.1) is 0 Å². The van der Waals surface area contributed by atoms with Crippen molar-refractivity contribution in [2.24, 2.45) is 5.92 Å². The van der Waals surface area contributed by atoms with E-state index in [0.29, 0.717) is 12.3 Å². The van der Waals surface area contributed by atoms with Crippen LogP contribution in [0.2, 0.25) is 0 Å². The molecule has 0 amide bonds. The highest BCUT2D eigenvalue weighted by Crippen LogP contribution is 2.45. The molecule has 1 fully saturated rings. The highest BCUT2D eigenvalue weighted by Gasteiger charge is 2.47. The van der Waals surface area contributed by atoms with Gasteiger partial charge < -0.3 is 14.6 Å². The summed E-state index contributed by atoms with van der Waals surface area (Å²) >= 11 is 0. The molecule has 0 aromatic carbocycles. The van der Waals surface area contributed by atoms with Gasteiger partial charge in [0, 0.05) is 5.57 Å². The lowest BCUT2D eigenvalue weighted by molar-refractivity contribution is -0.141. The second-order valence-corrected chi connectivity index (χ2v) is 6.81. The molecule has 0 saturated carbocycles. The molecule has 2 rings (SSSR count). The van der Waals surface area contributed by atoms with Crippen LogP contribution >= 0.6 is 0 Å². The van der Waals surface area contributed by atoms with Gasteiger partial charge in [-0.1, -0.05) is 6.08 Å². The third kappa shape index (κ3) is 3.07. The molecule has 1 heterocycles. The van der Waals surface area contributed by atoms with Gasteiger partial charge in [0.25, 0.3) is 0 Å². The first-order valence-corrected chi connectivity index (χ1v) is 7.44. The quantitative estimate of drug-likeness (QED) is 0.808. The molecule has 0 spiro atoms. The maximum atomic E-state index is 11.7. The van der Waals surface area contributed by atoms with Crippen molar-refractivity contribution in [1.29, 1.82) is 0 Å². The zero-order valence-corrected chi connectivity index (χ0v) is 12.9. The Hall–Kier alpha value is -0.870. The van der Waals surface area contributed by atoms with E-state index in [9.17, 15) is 9.90 Å². The number of hydrogen-bond acceptors (Lipinski definition) is 4. The van der Waals surface area contributed by atoms with E-state index in [0.717, 1.165) is 31.3 Å². The fourth-order valence-electron chi connectivity index (χ4n) is 3.39. The van der Waals surface area contributed by atoms with Gasteiger partial charge in [-0.25, -0.2) is 4.79 Å². The highest BCUT2D eigenvalue weighted by atomic mass is 16.5. The number of hydrogen-bond donors (Lipinski definition) is 1. The van der Waals surface area contributed by atoms with Crippen molar-refractivity contribution in [1.82, 2.24) is 0 Å². The van der Waals surface area contributed by atoms with Gasteiger partial charge in [0.05, 0.1) is 24.4 Å². The molecule has 0 unspecified atom stereocenters. The summed E-state index contributed by atoms with van der Waals surface area (Å²) in [5.41, 5.74) is -0.300. The van der Waals surface area contributed by atoms with Crippen molar-refractivity contribution < 1.29 is 19.4 Å². The van der Waals surface area contributed by atoms with E-state index in [4.69, 9.17) is 9.47 Å². The van der Waals surface area contributed by atoms with Crippen LogP contribution in [0.4, 0.5) is 0 Å². The van der Waals surface area contributed by atoms with E-state index in [1.54, 1.807) is 13.8 Å². The van der Waals surface area contributed by atoms with Crippen LogP contribution in [0.15, 0.2) is 11.6 Å². The summed E-state index contributed by atoms with van der Waals surface area (Å²) in [5.74, 6) is 0.0873. The first kappa shape index (κ1) is 15.5. The molecule has 0 aromatic heterocycles. The minimum absolute atomic E-state index is 0.125. The summed E-state index contributed by atoms with van der Waals surface area (Å²) in [5, 5.41) is 10.1. The topological polar surface area (TPSA) is 55.8 Å². The van der Waals surface area contributed by atoms with Gasteiger partial charge in [0.2, 0.25) is 0 Å². The maximum absolute atomic E-state index is 11.7. The summed E-state index contributed by atoms with van der Waals surface area (Å²) in [6.45, 7) is 5.71. The standard InChI is InChI=1S/C16H26O4/c1-15(2,18)13-8-9-16(3,20-13)12-7-5-6-11(10-12)14(17)19-4/h6,12-13,18H,5,7-10H2,1-4H3/t12-,13-,16-/m0/s1. The predicted molar refractivity (Wildman–Crippen MR) is 76.2 cm³/mol. The molecule has 1 aliphatic carbocycles. The van der Waals surface area contributed by atoms with Gasteiger partial charge in [-0.2, -0.15) is 0 Å². The minimum Gasteiger partial charge on any atom is -0.466 e. The lowest BCUT2D eigenvalue weighted by atomic mass is 9.76. The normalized spacial score (nSPS) is 34.8. The lowest BCUT2D eigenvalue weighted by Gasteiger charge is -2.37. The summed E-state index contributed by atoms with van der Waals surface area (Å²) in [6.07, 6.45) is 6.28. The summed E-state index contributed by atoms with van der Waals surface area (Å²) in [6, 6.07) is 0. The van der Waals surface area contributed by atoms with Gasteiger partial charge in [0.1, 0.15) is 0 Å². The molecule has 4 nitrogen and oxygen atoms in total. The molecule has 1 saturated heterocycles. The number of esters is 1. The van der Waals surface area contributed by atoms with Crippen LogP contribution in [0.25, 0.3) is 0 Å². The molecule has 20 heavy (non-hydrogen) atoms. The van der Waals surface area contributed by atoms with Crippen LogP contribution < -0.4 is 0 Å². The van der Waals surface area contributed by atoms with E-state index < -0.39 is 5.60 Å². The van der Waals surface area contributed by atoms with Crippen molar-refractivity contribution in [3.63, 3.8) is 0 Å². The zero-order valence-electron chi connectivity index (χ0n) is 12.9. The second kappa shape index (κ2) is 5.49. The Morgan fingerprint density at radius 1 is 1.50 bits per heavy atom. The number of allylic oxidation sites excluding steroid dienone is 1. The maximum Gasteiger partial charge on any atom is 0.333 e. The Labute approximate surface area is 121 Å².